The normalized spacial score (nSPS) is 10.7. The lowest BCUT2D eigenvalue weighted by molar-refractivity contribution is 0.461. The van der Waals surface area contributed by atoms with Crippen molar-refractivity contribution < 1.29 is 5.11 Å². The summed E-state index contributed by atoms with van der Waals surface area (Å²) in [5, 5.41) is 13.3. The average Bonchev–Trinajstić information content (AvgIpc) is 2.26. The van der Waals surface area contributed by atoms with Gasteiger partial charge in [0.05, 0.1) is 5.03 Å². The molecule has 1 aromatic carbocycles. The third-order valence-corrected chi connectivity index (χ3v) is 3.18. The summed E-state index contributed by atoms with van der Waals surface area (Å²) in [6, 6.07) is 5.46. The van der Waals surface area contributed by atoms with Crippen LogP contribution in [-0.2, 0) is 6.54 Å². The lowest BCUT2D eigenvalue weighted by Crippen LogP contribution is -2.21. The highest BCUT2D eigenvalue weighted by atomic mass is 35.5. The summed E-state index contributed by atoms with van der Waals surface area (Å²) in [4.78, 5) is 0. The highest BCUT2D eigenvalue weighted by Crippen LogP contribution is 2.31. The number of rotatable bonds is 4. The molecule has 0 unspecified atom stereocenters. The molecule has 0 aromatic heterocycles. The maximum Gasteiger partial charge on any atom is 0.126 e. The summed E-state index contributed by atoms with van der Waals surface area (Å²) in [5.41, 5.74) is 1.40. The van der Waals surface area contributed by atoms with Gasteiger partial charge in [-0.3, -0.25) is 0 Å². The molecule has 2 N–H and O–H groups in total. The number of hydrogen-bond donors (Lipinski definition) is 2. The monoisotopic (exact) mass is 293 g/mol. The number of halogens is 3. The predicted molar refractivity (Wildman–Crippen MR) is 74.6 cm³/mol. The topological polar surface area (TPSA) is 32.3 Å². The number of phenols is 1. The molecule has 0 aliphatic carbocycles. The molecule has 0 bridgehead atoms. The first-order chi connectivity index (χ1) is 7.91. The molecule has 0 spiro atoms. The maximum atomic E-state index is 9.83. The highest BCUT2D eigenvalue weighted by molar-refractivity contribution is 6.66. The van der Waals surface area contributed by atoms with Gasteiger partial charge in [0.25, 0.3) is 0 Å². The highest BCUT2D eigenvalue weighted by Gasteiger charge is 2.07. The van der Waals surface area contributed by atoms with Crippen LogP contribution in [0.1, 0.15) is 25.0 Å². The average molecular weight is 295 g/mol. The van der Waals surface area contributed by atoms with Gasteiger partial charge in [0.2, 0.25) is 0 Å². The Morgan fingerprint density at radius 1 is 1.29 bits per heavy atom. The SMILES string of the molecule is CC(C)NCc1ccc(C(Cl)=C(Cl)Cl)cc1O. The number of hydrogen-bond acceptors (Lipinski definition) is 2. The van der Waals surface area contributed by atoms with Crippen molar-refractivity contribution in [2.75, 3.05) is 0 Å². The van der Waals surface area contributed by atoms with E-state index in [9.17, 15) is 5.11 Å². The first-order valence-corrected chi connectivity index (χ1v) is 6.31. The van der Waals surface area contributed by atoms with E-state index in [1.807, 2.05) is 13.8 Å². The van der Waals surface area contributed by atoms with Crippen LogP contribution in [-0.4, -0.2) is 11.1 Å². The molecule has 0 amide bonds. The van der Waals surface area contributed by atoms with Crippen molar-refractivity contribution in [3.8, 4) is 5.75 Å². The first-order valence-electron chi connectivity index (χ1n) is 5.18. The fourth-order valence-electron chi connectivity index (χ4n) is 1.27. The summed E-state index contributed by atoms with van der Waals surface area (Å²) < 4.78 is -0.0147. The maximum absolute atomic E-state index is 9.83. The molecule has 0 aliphatic heterocycles. The van der Waals surface area contributed by atoms with Crippen molar-refractivity contribution in [2.24, 2.45) is 0 Å². The van der Waals surface area contributed by atoms with Crippen molar-refractivity contribution in [1.82, 2.24) is 5.32 Å². The number of benzene rings is 1. The van der Waals surface area contributed by atoms with Crippen molar-refractivity contribution in [3.63, 3.8) is 0 Å². The molecule has 1 rings (SSSR count). The van der Waals surface area contributed by atoms with Gasteiger partial charge in [-0.05, 0) is 11.6 Å². The van der Waals surface area contributed by atoms with Gasteiger partial charge >= 0.3 is 0 Å². The van der Waals surface area contributed by atoms with Crippen LogP contribution in [0.4, 0.5) is 0 Å². The van der Waals surface area contributed by atoms with E-state index in [0.717, 1.165) is 5.56 Å². The van der Waals surface area contributed by atoms with Crippen LogP contribution in [0.2, 0.25) is 0 Å². The van der Waals surface area contributed by atoms with E-state index >= 15 is 0 Å². The van der Waals surface area contributed by atoms with Gasteiger partial charge in [0.15, 0.2) is 0 Å². The number of nitrogens with one attached hydrogen (secondary N) is 1. The zero-order valence-electron chi connectivity index (χ0n) is 9.60. The van der Waals surface area contributed by atoms with Gasteiger partial charge in [-0.1, -0.05) is 60.8 Å². The van der Waals surface area contributed by atoms with Crippen LogP contribution in [0.5, 0.6) is 5.75 Å². The zero-order valence-corrected chi connectivity index (χ0v) is 11.9. The van der Waals surface area contributed by atoms with Crippen LogP contribution in [0.3, 0.4) is 0 Å². The quantitative estimate of drug-likeness (QED) is 0.871. The van der Waals surface area contributed by atoms with Crippen molar-refractivity contribution in [2.45, 2.75) is 26.4 Å². The van der Waals surface area contributed by atoms with Gasteiger partial charge < -0.3 is 10.4 Å². The first kappa shape index (κ1) is 14.7. The summed E-state index contributed by atoms with van der Waals surface area (Å²) >= 11 is 17.0. The standard InChI is InChI=1S/C12H14Cl3NO/c1-7(2)16-6-9-4-3-8(5-10(9)17)11(13)12(14)15/h3-5,7,16-17H,6H2,1-2H3. The van der Waals surface area contributed by atoms with E-state index < -0.39 is 0 Å². The van der Waals surface area contributed by atoms with Crippen molar-refractivity contribution in [3.05, 3.63) is 33.8 Å². The molecule has 0 saturated heterocycles. The second kappa shape index (κ2) is 6.50. The Hall–Kier alpha value is -0.410. The van der Waals surface area contributed by atoms with Crippen molar-refractivity contribution >= 4 is 39.8 Å². The third kappa shape index (κ3) is 4.40. The van der Waals surface area contributed by atoms with Gasteiger partial charge in [0.1, 0.15) is 10.2 Å². The Morgan fingerprint density at radius 3 is 2.41 bits per heavy atom. The van der Waals surface area contributed by atoms with Gasteiger partial charge in [-0.2, -0.15) is 0 Å². The Kier molecular flexibility index (Phi) is 5.60. The molecule has 1 aromatic rings. The van der Waals surface area contributed by atoms with E-state index in [0.29, 0.717) is 18.2 Å². The molecular formula is C12H14Cl3NO. The molecule has 94 valence electrons. The van der Waals surface area contributed by atoms with E-state index in [1.165, 1.54) is 0 Å². The second-order valence-corrected chi connectivity index (χ2v) is 5.28. The minimum Gasteiger partial charge on any atom is -0.508 e. The minimum absolute atomic E-state index is 0.0147. The summed E-state index contributed by atoms with van der Waals surface area (Å²) in [5.74, 6) is 0.170. The largest absolute Gasteiger partial charge is 0.508 e. The van der Waals surface area contributed by atoms with Gasteiger partial charge in [-0.25, -0.2) is 0 Å². The summed E-state index contributed by atoms with van der Waals surface area (Å²) in [6.45, 7) is 4.68. The van der Waals surface area contributed by atoms with Crippen LogP contribution in [0, 0.1) is 0 Å². The van der Waals surface area contributed by atoms with Crippen LogP contribution >= 0.6 is 34.8 Å². The molecule has 0 atom stereocenters. The zero-order chi connectivity index (χ0) is 13.0. The molecule has 2 nitrogen and oxygen atoms in total. The molecular weight excluding hydrogens is 280 g/mol. The van der Waals surface area contributed by atoms with Crippen molar-refractivity contribution in [1.29, 1.82) is 0 Å². The minimum atomic E-state index is -0.0147. The molecule has 5 heteroatoms. The van der Waals surface area contributed by atoms with Gasteiger partial charge in [0, 0.05) is 18.2 Å². The Balaban J connectivity index is 2.91. The van der Waals surface area contributed by atoms with E-state index in [4.69, 9.17) is 34.8 Å². The lowest BCUT2D eigenvalue weighted by atomic mass is 10.1. The van der Waals surface area contributed by atoms with Gasteiger partial charge in [-0.15, -0.1) is 0 Å². The van der Waals surface area contributed by atoms with Crippen LogP contribution < -0.4 is 5.32 Å². The summed E-state index contributed by atoms with van der Waals surface area (Å²) in [7, 11) is 0. The molecule has 0 saturated carbocycles. The molecule has 17 heavy (non-hydrogen) atoms. The van der Waals surface area contributed by atoms with E-state index in [-0.39, 0.29) is 15.3 Å². The molecule has 0 aliphatic rings. The molecule has 0 heterocycles. The lowest BCUT2D eigenvalue weighted by Gasteiger charge is -2.10. The molecule has 0 radical (unpaired) electrons. The molecule has 0 fully saturated rings. The second-order valence-electron chi connectivity index (χ2n) is 3.95. The fourth-order valence-corrected chi connectivity index (χ4v) is 1.61. The van der Waals surface area contributed by atoms with E-state index in [2.05, 4.69) is 5.32 Å². The van der Waals surface area contributed by atoms with Crippen LogP contribution in [0.25, 0.3) is 5.03 Å². The Morgan fingerprint density at radius 2 is 1.94 bits per heavy atom. The predicted octanol–water partition coefficient (Wildman–Crippen LogP) is 4.23. The summed E-state index contributed by atoms with van der Waals surface area (Å²) in [6.07, 6.45) is 0. The van der Waals surface area contributed by atoms with E-state index in [1.54, 1.807) is 18.2 Å². The Bertz CT molecular complexity index is 426. The smallest absolute Gasteiger partial charge is 0.126 e. The third-order valence-electron chi connectivity index (χ3n) is 2.21. The number of phenolic OH excluding ortho intramolecular Hbond substituents is 1. The Labute approximate surface area is 116 Å². The van der Waals surface area contributed by atoms with Crippen LogP contribution in [0.15, 0.2) is 22.7 Å². The number of aromatic hydroxyl groups is 1. The fraction of sp³-hybridized carbons (Fsp3) is 0.333.